The molecule has 6 heteroatoms. The van der Waals surface area contributed by atoms with Gasteiger partial charge in [0.15, 0.2) is 0 Å². The summed E-state index contributed by atoms with van der Waals surface area (Å²) in [5, 5.41) is 15.1. The molecule has 1 amide bonds. The quantitative estimate of drug-likeness (QED) is 0.917. The zero-order chi connectivity index (χ0) is 15.4. The average molecular weight is 319 g/mol. The first kappa shape index (κ1) is 15.2. The smallest absolute Gasteiger partial charge is 0.248 e. The number of hydrogen-bond acceptors (Lipinski definition) is 5. The van der Waals surface area contributed by atoms with Crippen LogP contribution in [0.4, 0.5) is 0 Å². The van der Waals surface area contributed by atoms with E-state index in [4.69, 9.17) is 4.42 Å². The Bertz CT molecular complexity index is 609. The van der Waals surface area contributed by atoms with E-state index in [1.165, 1.54) is 12.8 Å². The summed E-state index contributed by atoms with van der Waals surface area (Å²) in [7, 11) is 0. The SMILES string of the molecule is C[C@H]1CCC[C@H](NC(=O)CCc2nnc(-c3ccsc3)o2)C1. The van der Waals surface area contributed by atoms with Gasteiger partial charge in [-0.05, 0) is 30.2 Å². The monoisotopic (exact) mass is 319 g/mol. The van der Waals surface area contributed by atoms with Gasteiger partial charge in [-0.2, -0.15) is 11.3 Å². The Morgan fingerprint density at radius 1 is 1.45 bits per heavy atom. The number of carbonyl (C=O) groups excluding carboxylic acids is 1. The molecule has 118 valence electrons. The van der Waals surface area contributed by atoms with Gasteiger partial charge in [0.25, 0.3) is 0 Å². The van der Waals surface area contributed by atoms with Crippen LogP contribution < -0.4 is 5.32 Å². The van der Waals surface area contributed by atoms with E-state index < -0.39 is 0 Å². The first-order valence-electron chi connectivity index (χ1n) is 7.85. The standard InChI is InChI=1S/C16H21N3O2S/c1-11-3-2-4-13(9-11)17-14(20)5-6-15-18-19-16(21-15)12-7-8-22-10-12/h7-8,10-11,13H,2-6,9H2,1H3,(H,17,20)/t11-,13-/m0/s1. The molecule has 0 radical (unpaired) electrons. The molecule has 0 aliphatic heterocycles. The molecule has 0 aromatic carbocycles. The summed E-state index contributed by atoms with van der Waals surface area (Å²) in [6.45, 7) is 2.25. The molecule has 2 aromatic heterocycles. The van der Waals surface area contributed by atoms with Crippen LogP contribution in [0.3, 0.4) is 0 Å². The molecule has 1 saturated carbocycles. The summed E-state index contributed by atoms with van der Waals surface area (Å²) in [4.78, 5) is 12.0. The second-order valence-electron chi connectivity index (χ2n) is 6.05. The number of carbonyl (C=O) groups is 1. The fraction of sp³-hybridized carbons (Fsp3) is 0.562. The Morgan fingerprint density at radius 2 is 2.36 bits per heavy atom. The van der Waals surface area contributed by atoms with E-state index in [2.05, 4.69) is 22.4 Å². The van der Waals surface area contributed by atoms with Crippen LogP contribution in [0, 0.1) is 5.92 Å². The maximum atomic E-state index is 12.0. The number of rotatable bonds is 5. The molecule has 1 fully saturated rings. The zero-order valence-corrected chi connectivity index (χ0v) is 13.6. The molecule has 0 saturated heterocycles. The maximum Gasteiger partial charge on any atom is 0.248 e. The highest BCUT2D eigenvalue weighted by molar-refractivity contribution is 7.08. The van der Waals surface area contributed by atoms with Gasteiger partial charge in [-0.1, -0.05) is 19.8 Å². The van der Waals surface area contributed by atoms with Crippen molar-refractivity contribution in [2.75, 3.05) is 0 Å². The highest BCUT2D eigenvalue weighted by atomic mass is 32.1. The Labute approximate surface area is 134 Å². The Morgan fingerprint density at radius 3 is 3.14 bits per heavy atom. The molecule has 0 bridgehead atoms. The molecule has 1 aliphatic carbocycles. The molecule has 2 atom stereocenters. The third-order valence-corrected chi connectivity index (χ3v) is 4.79. The molecule has 5 nitrogen and oxygen atoms in total. The van der Waals surface area contributed by atoms with Gasteiger partial charge in [0.2, 0.25) is 17.7 Å². The molecule has 22 heavy (non-hydrogen) atoms. The summed E-state index contributed by atoms with van der Waals surface area (Å²) in [6, 6.07) is 2.28. The predicted molar refractivity (Wildman–Crippen MR) is 85.5 cm³/mol. The number of thiophene rings is 1. The van der Waals surface area contributed by atoms with Crippen molar-refractivity contribution >= 4 is 17.2 Å². The minimum absolute atomic E-state index is 0.0781. The van der Waals surface area contributed by atoms with Crippen LogP contribution in [-0.2, 0) is 11.2 Å². The van der Waals surface area contributed by atoms with Crippen LogP contribution in [0.15, 0.2) is 21.2 Å². The lowest BCUT2D eigenvalue weighted by molar-refractivity contribution is -0.122. The largest absolute Gasteiger partial charge is 0.421 e. The van der Waals surface area contributed by atoms with E-state index in [1.54, 1.807) is 11.3 Å². The minimum atomic E-state index is 0.0781. The van der Waals surface area contributed by atoms with Crippen LogP contribution >= 0.6 is 11.3 Å². The van der Waals surface area contributed by atoms with Gasteiger partial charge in [0, 0.05) is 29.8 Å². The Balaban J connectivity index is 1.47. The van der Waals surface area contributed by atoms with Crippen molar-refractivity contribution in [2.45, 2.75) is 51.5 Å². The highest BCUT2D eigenvalue weighted by Gasteiger charge is 2.20. The molecule has 2 heterocycles. The van der Waals surface area contributed by atoms with E-state index in [0.29, 0.717) is 36.6 Å². The first-order chi connectivity index (χ1) is 10.7. The fourth-order valence-corrected chi connectivity index (χ4v) is 3.57. The van der Waals surface area contributed by atoms with Gasteiger partial charge >= 0.3 is 0 Å². The number of nitrogens with one attached hydrogen (secondary N) is 1. The van der Waals surface area contributed by atoms with Crippen molar-refractivity contribution in [3.8, 4) is 11.5 Å². The second kappa shape index (κ2) is 7.05. The fourth-order valence-electron chi connectivity index (χ4n) is 2.94. The summed E-state index contributed by atoms with van der Waals surface area (Å²) < 4.78 is 5.59. The van der Waals surface area contributed by atoms with E-state index in [1.807, 2.05) is 16.8 Å². The molecule has 1 aliphatic rings. The summed E-state index contributed by atoms with van der Waals surface area (Å²) in [6.07, 6.45) is 5.56. The number of hydrogen-bond donors (Lipinski definition) is 1. The molecular weight excluding hydrogens is 298 g/mol. The third kappa shape index (κ3) is 3.94. The maximum absolute atomic E-state index is 12.0. The van der Waals surface area contributed by atoms with E-state index in [9.17, 15) is 4.79 Å². The molecule has 0 spiro atoms. The van der Waals surface area contributed by atoms with Crippen molar-refractivity contribution in [3.63, 3.8) is 0 Å². The highest BCUT2D eigenvalue weighted by Crippen LogP contribution is 2.24. The lowest BCUT2D eigenvalue weighted by Crippen LogP contribution is -2.38. The van der Waals surface area contributed by atoms with Gasteiger partial charge in [-0.3, -0.25) is 4.79 Å². The summed E-state index contributed by atoms with van der Waals surface area (Å²) in [5.41, 5.74) is 0.935. The van der Waals surface area contributed by atoms with Gasteiger partial charge in [0.1, 0.15) is 0 Å². The molecule has 3 rings (SSSR count). The van der Waals surface area contributed by atoms with Crippen LogP contribution in [0.5, 0.6) is 0 Å². The first-order valence-corrected chi connectivity index (χ1v) is 8.79. The molecule has 0 unspecified atom stereocenters. The van der Waals surface area contributed by atoms with Crippen molar-refractivity contribution < 1.29 is 9.21 Å². The summed E-state index contributed by atoms with van der Waals surface area (Å²) in [5.74, 6) is 1.84. The van der Waals surface area contributed by atoms with E-state index >= 15 is 0 Å². The molecule has 1 N–H and O–H groups in total. The Kier molecular flexibility index (Phi) is 4.87. The van der Waals surface area contributed by atoms with Gasteiger partial charge in [0.05, 0.1) is 0 Å². The molecule has 2 aromatic rings. The summed E-state index contributed by atoms with van der Waals surface area (Å²) >= 11 is 1.59. The third-order valence-electron chi connectivity index (χ3n) is 4.10. The lowest BCUT2D eigenvalue weighted by atomic mass is 9.87. The van der Waals surface area contributed by atoms with Crippen molar-refractivity contribution in [1.29, 1.82) is 0 Å². The van der Waals surface area contributed by atoms with Gasteiger partial charge in [-0.15, -0.1) is 10.2 Å². The van der Waals surface area contributed by atoms with Crippen LogP contribution in [-0.4, -0.2) is 22.1 Å². The van der Waals surface area contributed by atoms with E-state index in [-0.39, 0.29) is 5.91 Å². The average Bonchev–Trinajstić information content (AvgIpc) is 3.16. The van der Waals surface area contributed by atoms with Crippen molar-refractivity contribution in [1.82, 2.24) is 15.5 Å². The van der Waals surface area contributed by atoms with Crippen molar-refractivity contribution in [2.24, 2.45) is 5.92 Å². The van der Waals surface area contributed by atoms with Crippen LogP contribution in [0.1, 0.15) is 44.9 Å². The second-order valence-corrected chi connectivity index (χ2v) is 6.83. The number of nitrogens with zero attached hydrogens (tertiary/aromatic N) is 2. The lowest BCUT2D eigenvalue weighted by Gasteiger charge is -2.27. The number of aryl methyl sites for hydroxylation is 1. The van der Waals surface area contributed by atoms with Crippen molar-refractivity contribution in [3.05, 3.63) is 22.7 Å². The van der Waals surface area contributed by atoms with Crippen LogP contribution in [0.25, 0.3) is 11.5 Å². The topological polar surface area (TPSA) is 68.0 Å². The zero-order valence-electron chi connectivity index (χ0n) is 12.7. The Hall–Kier alpha value is -1.69. The van der Waals surface area contributed by atoms with Gasteiger partial charge < -0.3 is 9.73 Å². The van der Waals surface area contributed by atoms with Crippen LogP contribution in [0.2, 0.25) is 0 Å². The minimum Gasteiger partial charge on any atom is -0.421 e. The van der Waals surface area contributed by atoms with Gasteiger partial charge in [-0.25, -0.2) is 0 Å². The number of amides is 1. The number of aromatic nitrogens is 2. The predicted octanol–water partition coefficient (Wildman–Crippen LogP) is 3.43. The van der Waals surface area contributed by atoms with E-state index in [0.717, 1.165) is 18.4 Å². The normalized spacial score (nSPS) is 21.7. The molecular formula is C16H21N3O2S.